The molecule has 0 fully saturated rings. The number of aryl methyl sites for hydroxylation is 2. The van der Waals surface area contributed by atoms with Crippen LogP contribution in [0.1, 0.15) is 46.1 Å². The van der Waals surface area contributed by atoms with Gasteiger partial charge in [0.25, 0.3) is 0 Å². The van der Waals surface area contributed by atoms with Gasteiger partial charge in [-0.1, -0.05) is 36.4 Å². The molecule has 0 spiro atoms. The first-order valence-electron chi connectivity index (χ1n) is 11.8. The highest BCUT2D eigenvalue weighted by Crippen LogP contribution is 2.37. The molecule has 2 heterocycles. The molecular weight excluding hydrogens is 424 g/mol. The SMILES string of the molecule is COC(=O)/C=C/c1ccc2c(c1)CCC2N(CCc1c[nH]c2ccccc12)Cc1nc[nH]c1C. The summed E-state index contributed by atoms with van der Waals surface area (Å²) in [6.45, 7) is 3.84. The molecule has 1 unspecified atom stereocenters. The number of imidazole rings is 1. The zero-order chi connectivity index (χ0) is 23.5. The first-order valence-corrected chi connectivity index (χ1v) is 11.8. The summed E-state index contributed by atoms with van der Waals surface area (Å²) in [5, 5.41) is 1.30. The summed E-state index contributed by atoms with van der Waals surface area (Å²) in [6, 6.07) is 15.3. The normalized spacial score (nSPS) is 15.4. The van der Waals surface area contributed by atoms with Crippen LogP contribution in [-0.2, 0) is 28.9 Å². The molecule has 1 aliphatic rings. The van der Waals surface area contributed by atoms with Gasteiger partial charge in [0.1, 0.15) is 0 Å². The van der Waals surface area contributed by atoms with Crippen LogP contribution in [0.25, 0.3) is 17.0 Å². The molecule has 34 heavy (non-hydrogen) atoms. The number of hydrogen-bond acceptors (Lipinski definition) is 4. The number of aromatic amines is 2. The van der Waals surface area contributed by atoms with Crippen LogP contribution in [0.5, 0.6) is 0 Å². The number of esters is 1. The quantitative estimate of drug-likeness (QED) is 0.286. The topological polar surface area (TPSA) is 74.0 Å². The van der Waals surface area contributed by atoms with E-state index in [1.54, 1.807) is 6.33 Å². The summed E-state index contributed by atoms with van der Waals surface area (Å²) >= 11 is 0. The van der Waals surface area contributed by atoms with Gasteiger partial charge in [0.05, 0.1) is 19.1 Å². The summed E-state index contributed by atoms with van der Waals surface area (Å²) in [6.07, 6.45) is 10.3. The lowest BCUT2D eigenvalue weighted by Gasteiger charge is -2.29. The molecule has 1 aliphatic carbocycles. The van der Waals surface area contributed by atoms with Crippen LogP contribution in [-0.4, -0.2) is 39.5 Å². The van der Waals surface area contributed by atoms with Crippen LogP contribution in [0.2, 0.25) is 0 Å². The number of H-pyrrole nitrogens is 2. The third-order valence-corrected chi connectivity index (χ3v) is 6.90. The lowest BCUT2D eigenvalue weighted by molar-refractivity contribution is -0.134. The maximum absolute atomic E-state index is 11.5. The summed E-state index contributed by atoms with van der Waals surface area (Å²) in [5.74, 6) is -0.337. The first kappa shape index (κ1) is 22.2. The predicted molar refractivity (Wildman–Crippen MR) is 134 cm³/mol. The molecule has 4 aromatic rings. The van der Waals surface area contributed by atoms with Crippen molar-refractivity contribution in [3.63, 3.8) is 0 Å². The number of carbonyl (C=O) groups is 1. The summed E-state index contributed by atoms with van der Waals surface area (Å²) < 4.78 is 4.71. The maximum atomic E-state index is 11.5. The minimum Gasteiger partial charge on any atom is -0.466 e. The molecule has 2 N–H and O–H groups in total. The van der Waals surface area contributed by atoms with E-state index < -0.39 is 0 Å². The predicted octanol–water partition coefficient (Wildman–Crippen LogP) is 5.12. The standard InChI is InChI=1S/C28H30N4O2/c1-19-26(31-18-30-19)17-32(14-13-22-16-29-25-6-4-3-5-23(22)25)27-11-9-21-15-20(7-10-24(21)27)8-12-28(33)34-2/h3-8,10,12,15-16,18,27,29H,9,11,13-14,17H2,1-2H3,(H,30,31)/b12-8+. The molecule has 0 aliphatic heterocycles. The largest absolute Gasteiger partial charge is 0.466 e. The van der Waals surface area contributed by atoms with Crippen molar-refractivity contribution in [3.8, 4) is 0 Å². The molecule has 0 radical (unpaired) electrons. The van der Waals surface area contributed by atoms with Crippen molar-refractivity contribution < 1.29 is 9.53 Å². The fraction of sp³-hybridized carbons (Fsp3) is 0.286. The van der Waals surface area contributed by atoms with Crippen molar-refractivity contribution in [2.24, 2.45) is 0 Å². The van der Waals surface area contributed by atoms with E-state index in [9.17, 15) is 4.79 Å². The number of nitrogens with one attached hydrogen (secondary N) is 2. The average Bonchev–Trinajstić information content (AvgIpc) is 3.58. The maximum Gasteiger partial charge on any atom is 0.330 e. The number of para-hydroxylation sites is 1. The Morgan fingerprint density at radius 3 is 2.94 bits per heavy atom. The van der Waals surface area contributed by atoms with Crippen LogP contribution >= 0.6 is 0 Å². The Kier molecular flexibility index (Phi) is 6.32. The molecule has 2 aromatic heterocycles. The van der Waals surface area contributed by atoms with E-state index in [1.165, 1.54) is 40.8 Å². The highest BCUT2D eigenvalue weighted by atomic mass is 16.5. The lowest BCUT2D eigenvalue weighted by Crippen LogP contribution is -2.29. The monoisotopic (exact) mass is 454 g/mol. The number of rotatable bonds is 8. The van der Waals surface area contributed by atoms with Crippen LogP contribution in [0.15, 0.2) is 61.1 Å². The molecule has 1 atom stereocenters. The van der Waals surface area contributed by atoms with E-state index in [0.29, 0.717) is 6.04 Å². The van der Waals surface area contributed by atoms with Crippen molar-refractivity contribution in [1.82, 2.24) is 19.9 Å². The van der Waals surface area contributed by atoms with Crippen molar-refractivity contribution >= 4 is 22.9 Å². The fourth-order valence-corrected chi connectivity index (χ4v) is 5.02. The van der Waals surface area contributed by atoms with Crippen molar-refractivity contribution in [1.29, 1.82) is 0 Å². The number of methoxy groups -OCH3 is 1. The van der Waals surface area contributed by atoms with E-state index in [2.05, 4.69) is 75.4 Å². The molecule has 6 heteroatoms. The number of aromatic nitrogens is 3. The number of carbonyl (C=O) groups excluding carboxylic acids is 1. The van der Waals surface area contributed by atoms with Gasteiger partial charge in [-0.05, 0) is 60.6 Å². The first-order chi connectivity index (χ1) is 16.6. The van der Waals surface area contributed by atoms with E-state index in [4.69, 9.17) is 4.74 Å². The molecule has 0 saturated carbocycles. The second-order valence-electron chi connectivity index (χ2n) is 8.92. The number of benzene rings is 2. The third kappa shape index (κ3) is 4.54. The average molecular weight is 455 g/mol. The molecule has 0 bridgehead atoms. The summed E-state index contributed by atoms with van der Waals surface area (Å²) in [5.41, 5.74) is 8.52. The van der Waals surface area contributed by atoms with E-state index in [-0.39, 0.29) is 5.97 Å². The lowest BCUT2D eigenvalue weighted by atomic mass is 10.0. The van der Waals surface area contributed by atoms with Gasteiger partial charge in [-0.15, -0.1) is 0 Å². The van der Waals surface area contributed by atoms with Gasteiger partial charge >= 0.3 is 5.97 Å². The van der Waals surface area contributed by atoms with Crippen molar-refractivity contribution in [2.45, 2.75) is 38.8 Å². The minimum atomic E-state index is -0.337. The molecule has 0 saturated heterocycles. The Morgan fingerprint density at radius 2 is 2.12 bits per heavy atom. The van der Waals surface area contributed by atoms with E-state index in [0.717, 1.165) is 49.3 Å². The molecule has 6 nitrogen and oxygen atoms in total. The highest BCUT2D eigenvalue weighted by molar-refractivity contribution is 5.87. The zero-order valence-corrected chi connectivity index (χ0v) is 19.7. The Bertz CT molecular complexity index is 1330. The van der Waals surface area contributed by atoms with Gasteiger partial charge < -0.3 is 14.7 Å². The molecule has 2 aromatic carbocycles. The van der Waals surface area contributed by atoms with Crippen molar-refractivity contribution in [3.05, 3.63) is 94.7 Å². The van der Waals surface area contributed by atoms with Gasteiger partial charge in [0.2, 0.25) is 0 Å². The van der Waals surface area contributed by atoms with Crippen LogP contribution in [0, 0.1) is 6.92 Å². The number of hydrogen-bond donors (Lipinski definition) is 2. The van der Waals surface area contributed by atoms with Gasteiger partial charge in [-0.25, -0.2) is 9.78 Å². The van der Waals surface area contributed by atoms with Gasteiger partial charge in [-0.2, -0.15) is 0 Å². The molecule has 0 amide bonds. The smallest absolute Gasteiger partial charge is 0.330 e. The zero-order valence-electron chi connectivity index (χ0n) is 19.7. The Morgan fingerprint density at radius 1 is 1.24 bits per heavy atom. The van der Waals surface area contributed by atoms with Gasteiger partial charge in [0.15, 0.2) is 0 Å². The van der Waals surface area contributed by atoms with Gasteiger partial charge in [-0.3, -0.25) is 4.90 Å². The number of ether oxygens (including phenoxy) is 1. The fourth-order valence-electron chi connectivity index (χ4n) is 5.02. The van der Waals surface area contributed by atoms with E-state index >= 15 is 0 Å². The number of nitrogens with zero attached hydrogens (tertiary/aromatic N) is 2. The Labute approximate surface area is 199 Å². The van der Waals surface area contributed by atoms with Gasteiger partial charge in [0, 0.05) is 48.0 Å². The second-order valence-corrected chi connectivity index (χ2v) is 8.92. The Balaban J connectivity index is 1.39. The van der Waals surface area contributed by atoms with Crippen LogP contribution in [0.3, 0.4) is 0 Å². The summed E-state index contributed by atoms with van der Waals surface area (Å²) in [7, 11) is 1.39. The third-order valence-electron chi connectivity index (χ3n) is 6.90. The van der Waals surface area contributed by atoms with Crippen molar-refractivity contribution in [2.75, 3.05) is 13.7 Å². The highest BCUT2D eigenvalue weighted by Gasteiger charge is 2.29. The second kappa shape index (κ2) is 9.69. The minimum absolute atomic E-state index is 0.337. The van der Waals surface area contributed by atoms with Crippen LogP contribution in [0.4, 0.5) is 0 Å². The molecular formula is C28H30N4O2. The summed E-state index contributed by atoms with van der Waals surface area (Å²) in [4.78, 5) is 25.3. The Hall–Kier alpha value is -3.64. The van der Waals surface area contributed by atoms with E-state index in [1.807, 2.05) is 6.08 Å². The molecule has 174 valence electrons. The number of fused-ring (bicyclic) bond motifs is 2. The van der Waals surface area contributed by atoms with Crippen LogP contribution < -0.4 is 0 Å². The molecule has 5 rings (SSSR count).